The smallest absolute Gasteiger partial charge is 0.182 e. The zero-order chi connectivity index (χ0) is 9.14. The molecule has 70 valence electrons. The van der Waals surface area contributed by atoms with E-state index in [-0.39, 0.29) is 18.8 Å². The molecule has 0 bridgehead atoms. The topological polar surface area (TPSA) is 32.7 Å². The van der Waals surface area contributed by atoms with Gasteiger partial charge in [0.05, 0.1) is 12.6 Å². The predicted octanol–water partition coefficient (Wildman–Crippen LogP) is 0.949. The molecule has 0 radical (unpaired) electrons. The van der Waals surface area contributed by atoms with Gasteiger partial charge in [0.1, 0.15) is 6.10 Å². The number of hydrogen-bond donors (Lipinski definition) is 1. The van der Waals surface area contributed by atoms with Crippen molar-refractivity contribution in [1.82, 2.24) is 4.90 Å². The number of rotatable bonds is 3. The van der Waals surface area contributed by atoms with Gasteiger partial charge >= 0.3 is 0 Å². The van der Waals surface area contributed by atoms with Crippen molar-refractivity contribution >= 4 is 0 Å². The summed E-state index contributed by atoms with van der Waals surface area (Å²) in [5.74, 6) is 0.698. The Balaban J connectivity index is 2.61. The first-order valence-electron chi connectivity index (χ1n) is 4.43. The monoisotopic (exact) mass is 171 g/mol. The minimum atomic E-state index is 0.0639. The average Bonchev–Trinajstić information content (AvgIpc) is 2.28. The minimum Gasteiger partial charge on any atom is -0.474 e. The van der Waals surface area contributed by atoms with Crippen molar-refractivity contribution in [3.05, 3.63) is 12.5 Å². The van der Waals surface area contributed by atoms with Gasteiger partial charge in [-0.1, -0.05) is 6.92 Å². The molecule has 1 rings (SSSR count). The van der Waals surface area contributed by atoms with E-state index < -0.39 is 0 Å². The van der Waals surface area contributed by atoms with Gasteiger partial charge < -0.3 is 14.7 Å². The summed E-state index contributed by atoms with van der Waals surface area (Å²) in [5.41, 5.74) is 0. The molecule has 0 aromatic carbocycles. The van der Waals surface area contributed by atoms with Crippen molar-refractivity contribution in [3.63, 3.8) is 0 Å². The molecular weight excluding hydrogens is 154 g/mol. The SMILES string of the molecule is C=C1OC(C)C(CO)N1CCC. The molecule has 1 aliphatic heterocycles. The molecule has 3 nitrogen and oxygen atoms in total. The Labute approximate surface area is 73.6 Å². The van der Waals surface area contributed by atoms with Crippen molar-refractivity contribution in [1.29, 1.82) is 0 Å². The van der Waals surface area contributed by atoms with E-state index in [0.717, 1.165) is 13.0 Å². The maximum absolute atomic E-state index is 9.09. The van der Waals surface area contributed by atoms with E-state index in [1.54, 1.807) is 0 Å². The molecule has 0 aliphatic carbocycles. The van der Waals surface area contributed by atoms with Crippen LogP contribution in [-0.4, -0.2) is 35.3 Å². The van der Waals surface area contributed by atoms with Gasteiger partial charge in [-0.2, -0.15) is 0 Å². The maximum atomic E-state index is 9.09. The van der Waals surface area contributed by atoms with E-state index in [9.17, 15) is 0 Å². The average molecular weight is 171 g/mol. The molecule has 0 amide bonds. The maximum Gasteiger partial charge on any atom is 0.182 e. The lowest BCUT2D eigenvalue weighted by Crippen LogP contribution is -2.36. The molecule has 0 aromatic rings. The normalized spacial score (nSPS) is 29.2. The molecule has 0 aromatic heterocycles. The Hall–Kier alpha value is -0.700. The van der Waals surface area contributed by atoms with Crippen LogP contribution in [0.1, 0.15) is 20.3 Å². The van der Waals surface area contributed by atoms with E-state index in [1.807, 2.05) is 11.8 Å². The van der Waals surface area contributed by atoms with Crippen LogP contribution in [0, 0.1) is 0 Å². The largest absolute Gasteiger partial charge is 0.474 e. The highest BCUT2D eigenvalue weighted by molar-refractivity contribution is 4.98. The van der Waals surface area contributed by atoms with Gasteiger partial charge in [0.2, 0.25) is 0 Å². The molecule has 12 heavy (non-hydrogen) atoms. The molecule has 1 heterocycles. The molecule has 2 unspecified atom stereocenters. The third-order valence-corrected chi connectivity index (χ3v) is 2.24. The lowest BCUT2D eigenvalue weighted by molar-refractivity contribution is 0.135. The molecule has 1 N–H and O–H groups in total. The zero-order valence-corrected chi connectivity index (χ0v) is 7.79. The first-order valence-corrected chi connectivity index (χ1v) is 4.43. The highest BCUT2D eigenvalue weighted by Crippen LogP contribution is 2.24. The van der Waals surface area contributed by atoms with E-state index in [1.165, 1.54) is 0 Å². The summed E-state index contributed by atoms with van der Waals surface area (Å²) in [5, 5.41) is 9.09. The summed E-state index contributed by atoms with van der Waals surface area (Å²) >= 11 is 0. The van der Waals surface area contributed by atoms with Gasteiger partial charge in [-0.05, 0) is 19.9 Å². The summed E-state index contributed by atoms with van der Waals surface area (Å²) in [6, 6.07) is 0.0949. The highest BCUT2D eigenvalue weighted by Gasteiger charge is 2.33. The number of hydrogen-bond acceptors (Lipinski definition) is 3. The highest BCUT2D eigenvalue weighted by atomic mass is 16.5. The van der Waals surface area contributed by atoms with E-state index in [2.05, 4.69) is 13.5 Å². The molecule has 1 fully saturated rings. The summed E-state index contributed by atoms with van der Waals surface area (Å²) in [7, 11) is 0. The third kappa shape index (κ3) is 1.55. The van der Waals surface area contributed by atoms with Crippen LogP contribution in [0.4, 0.5) is 0 Å². The van der Waals surface area contributed by atoms with Crippen molar-refractivity contribution in [3.8, 4) is 0 Å². The van der Waals surface area contributed by atoms with Crippen LogP contribution in [0.2, 0.25) is 0 Å². The fourth-order valence-corrected chi connectivity index (χ4v) is 1.58. The molecule has 1 saturated heterocycles. The standard InChI is InChI=1S/C9H17NO2/c1-4-5-10-8(3)12-7(2)9(10)6-11/h7,9,11H,3-6H2,1-2H3. The van der Waals surface area contributed by atoms with Crippen molar-refractivity contribution in [2.75, 3.05) is 13.2 Å². The molecule has 0 spiro atoms. The van der Waals surface area contributed by atoms with E-state index in [4.69, 9.17) is 9.84 Å². The van der Waals surface area contributed by atoms with Gasteiger partial charge in [-0.15, -0.1) is 0 Å². The van der Waals surface area contributed by atoms with Crippen molar-refractivity contribution in [2.45, 2.75) is 32.4 Å². The van der Waals surface area contributed by atoms with Crippen LogP contribution in [0.3, 0.4) is 0 Å². The van der Waals surface area contributed by atoms with Crippen LogP contribution >= 0.6 is 0 Å². The number of ether oxygens (including phenoxy) is 1. The lowest BCUT2D eigenvalue weighted by atomic mass is 10.2. The quantitative estimate of drug-likeness (QED) is 0.686. The Morgan fingerprint density at radius 2 is 2.33 bits per heavy atom. The fraction of sp³-hybridized carbons (Fsp3) is 0.778. The third-order valence-electron chi connectivity index (χ3n) is 2.24. The van der Waals surface area contributed by atoms with Crippen molar-refractivity contribution < 1.29 is 9.84 Å². The second-order valence-electron chi connectivity index (χ2n) is 3.16. The minimum absolute atomic E-state index is 0.0639. The summed E-state index contributed by atoms with van der Waals surface area (Å²) in [6.45, 7) is 8.91. The Morgan fingerprint density at radius 3 is 2.83 bits per heavy atom. The van der Waals surface area contributed by atoms with Gasteiger partial charge in [0, 0.05) is 6.54 Å². The zero-order valence-electron chi connectivity index (χ0n) is 7.79. The van der Waals surface area contributed by atoms with Crippen LogP contribution in [0.25, 0.3) is 0 Å². The van der Waals surface area contributed by atoms with Crippen LogP contribution < -0.4 is 0 Å². The molecule has 0 saturated carbocycles. The van der Waals surface area contributed by atoms with Crippen LogP contribution in [0.15, 0.2) is 12.5 Å². The second kappa shape index (κ2) is 3.81. The Morgan fingerprint density at radius 1 is 1.67 bits per heavy atom. The summed E-state index contributed by atoms with van der Waals surface area (Å²) in [4.78, 5) is 2.03. The Kier molecular flexibility index (Phi) is 2.98. The Bertz CT molecular complexity index is 170. The number of nitrogens with zero attached hydrogens (tertiary/aromatic N) is 1. The van der Waals surface area contributed by atoms with Gasteiger partial charge in [0.25, 0.3) is 0 Å². The first-order chi connectivity index (χ1) is 5.70. The predicted molar refractivity (Wildman–Crippen MR) is 47.6 cm³/mol. The molecule has 3 heteroatoms. The lowest BCUT2D eigenvalue weighted by Gasteiger charge is -2.22. The van der Waals surface area contributed by atoms with Gasteiger partial charge in [-0.25, -0.2) is 0 Å². The van der Waals surface area contributed by atoms with Crippen LogP contribution in [0.5, 0.6) is 0 Å². The number of aliphatic hydroxyl groups is 1. The van der Waals surface area contributed by atoms with Crippen molar-refractivity contribution in [2.24, 2.45) is 0 Å². The van der Waals surface area contributed by atoms with Gasteiger partial charge in [-0.3, -0.25) is 0 Å². The van der Waals surface area contributed by atoms with E-state index in [0.29, 0.717) is 5.88 Å². The van der Waals surface area contributed by atoms with Crippen LogP contribution in [-0.2, 0) is 4.74 Å². The first kappa shape index (κ1) is 9.39. The fourth-order valence-electron chi connectivity index (χ4n) is 1.58. The molecular formula is C9H17NO2. The second-order valence-corrected chi connectivity index (χ2v) is 3.16. The van der Waals surface area contributed by atoms with Gasteiger partial charge in [0.15, 0.2) is 5.88 Å². The summed E-state index contributed by atoms with van der Waals surface area (Å²) < 4.78 is 5.40. The molecule has 2 atom stereocenters. The number of aliphatic hydroxyl groups excluding tert-OH is 1. The van der Waals surface area contributed by atoms with E-state index >= 15 is 0 Å². The summed E-state index contributed by atoms with van der Waals surface area (Å²) in [6.07, 6.45) is 1.11. The molecule has 1 aliphatic rings.